The van der Waals surface area contributed by atoms with Crippen molar-refractivity contribution in [3.8, 4) is 0 Å². The summed E-state index contributed by atoms with van der Waals surface area (Å²) in [5.74, 6) is 0. The Morgan fingerprint density at radius 1 is 0.299 bits per heavy atom. The molecule has 14 fully saturated rings. The summed E-state index contributed by atoms with van der Waals surface area (Å²) in [6.07, 6.45) is -38.6. The molecule has 0 aromatic rings. The topological polar surface area (TPSA) is 933 Å². The normalized spacial score (nSPS) is 52.0. The second-order valence-electron chi connectivity index (χ2n) is 36.5. The van der Waals surface area contributed by atoms with E-state index in [1.807, 2.05) is 14.0 Å². The van der Waals surface area contributed by atoms with Gasteiger partial charge in [0.15, 0.2) is 56.6 Å². The zero-order valence-corrected chi connectivity index (χ0v) is 71.2. The number of aliphatic hydroxyl groups is 15. The van der Waals surface area contributed by atoms with Crippen molar-refractivity contribution in [3.05, 3.63) is 0 Å². The summed E-state index contributed by atoms with van der Waals surface area (Å²) in [5.41, 5.74) is 103. The van der Waals surface area contributed by atoms with Crippen molar-refractivity contribution >= 4 is 0 Å². The second-order valence-corrected chi connectivity index (χ2v) is 36.5. The van der Waals surface area contributed by atoms with E-state index < -0.39 is 325 Å². The van der Waals surface area contributed by atoms with Gasteiger partial charge in [0.1, 0.15) is 146 Å². The summed E-state index contributed by atoms with van der Waals surface area (Å²) in [7, 11) is 1.83. The van der Waals surface area contributed by atoms with Crippen LogP contribution in [0.3, 0.4) is 0 Å². The highest BCUT2D eigenvalue weighted by Crippen LogP contribution is 2.45. The van der Waals surface area contributed by atoms with Crippen LogP contribution in [0.4, 0.5) is 0 Å². The molecule has 0 bridgehead atoms. The smallest absolute Gasteiger partial charge is 0.187 e. The van der Waals surface area contributed by atoms with Crippen molar-refractivity contribution in [1.29, 1.82) is 0 Å². The van der Waals surface area contributed by atoms with Gasteiger partial charge >= 0.3 is 0 Å². The summed E-state index contributed by atoms with van der Waals surface area (Å²) in [4.78, 5) is 0. The number of aliphatic hydroxyl groups excluding tert-OH is 15. The highest BCUT2D eigenvalue weighted by molar-refractivity contribution is 5.10. The van der Waals surface area contributed by atoms with Crippen LogP contribution in [0.1, 0.15) is 77.6 Å². The maximum atomic E-state index is 11.2. The number of likely N-dealkylation sites (N-methyl/N-ethyl adjacent to an activating group) is 1. The molecule has 52 nitrogen and oxygen atoms in total. The molecule has 0 amide bonds. The first-order valence-corrected chi connectivity index (χ1v) is 44.0. The first-order chi connectivity index (χ1) is 60.2. The van der Waals surface area contributed by atoms with E-state index in [1.165, 1.54) is 0 Å². The van der Waals surface area contributed by atoms with Gasteiger partial charge < -0.3 is 269 Å². The minimum Gasteiger partial charge on any atom is -0.394 e. The van der Waals surface area contributed by atoms with Gasteiger partial charge in [-0.2, -0.15) is 0 Å². The van der Waals surface area contributed by atoms with Crippen LogP contribution in [0.25, 0.3) is 0 Å². The van der Waals surface area contributed by atoms with Gasteiger partial charge in [-0.25, -0.2) is 0 Å². The molecule has 740 valence electrons. The van der Waals surface area contributed by atoms with Crippen LogP contribution in [0.15, 0.2) is 0 Å². The summed E-state index contributed by atoms with van der Waals surface area (Å²) in [6.45, 7) is 0.497. The second kappa shape index (κ2) is 44.6. The molecule has 10 saturated heterocycles. The lowest BCUT2D eigenvalue weighted by Crippen LogP contribution is -2.69. The van der Waals surface area contributed by atoms with E-state index in [4.69, 9.17) is 187 Å². The molecule has 3 unspecified atom stereocenters. The Morgan fingerprint density at radius 3 is 0.850 bits per heavy atom. The lowest BCUT2D eigenvalue weighted by atomic mass is 9.84. The maximum Gasteiger partial charge on any atom is 0.187 e. The first-order valence-electron chi connectivity index (χ1n) is 44.0. The molecule has 0 aromatic heterocycles. The van der Waals surface area contributed by atoms with Gasteiger partial charge in [0.25, 0.3) is 0 Å². The Morgan fingerprint density at radius 2 is 0.575 bits per heavy atom. The molecule has 4 aliphatic carbocycles. The number of rotatable bonds is 28. The highest BCUT2D eigenvalue weighted by atomic mass is 16.8. The Hall–Kier alpha value is -2.08. The van der Waals surface area contributed by atoms with E-state index in [0.29, 0.717) is 45.3 Å². The van der Waals surface area contributed by atoms with Crippen LogP contribution in [-0.4, -0.2) is 466 Å². The summed E-state index contributed by atoms with van der Waals surface area (Å²) >= 11 is 0. The van der Waals surface area contributed by atoms with Gasteiger partial charge in [-0.15, -0.1) is 0 Å². The SMILES string of the molecule is CN[C@@H](C)[C@@H]1CC[C@@H](N)[C@@H](O[C@H]2[C@H](O[C@@H]3O[C@H](CO)[C@@H](OC4O[C@@H](CN)[C@@H](O)[C@H](O)[C@H]4N)[C@H]3O)[C@@H](O)[C@H](N)C[C@@H]2N)O1.NC[C@@H]1OC(O[C@H]2[C@@H](O)[C@H](O[C@@H]3[C@@H](O)[C@H](N)C[C@H](N)[C@H]3O[C@H]3O[C@H](C4(N)CC4)CC[C@H]3N)O[C@@H]2CO)[C@H](N)[C@@H](O)[C@@H]1O.NC[C@@H]1OC(O[C@H]2[C@@H](O)[C@H](O[C@@H]3[C@@H](O)[C@H](N)C[C@H](N)[C@H]3O[C@H]3O[C@H](C4(N)COC4)CC[C@H]3N)O[C@@H]2CO)[C@H](N)[C@@H](O)[C@@H]1O. The lowest BCUT2D eigenvalue weighted by molar-refractivity contribution is -0.299. The molecule has 127 heavy (non-hydrogen) atoms. The molecule has 14 aliphatic rings. The van der Waals surface area contributed by atoms with E-state index in [0.717, 1.165) is 19.3 Å². The third-order valence-electron chi connectivity index (χ3n) is 27.3. The minimum absolute atomic E-state index is 0.0369. The van der Waals surface area contributed by atoms with Gasteiger partial charge in [0.05, 0.1) is 111 Å². The summed E-state index contributed by atoms with van der Waals surface area (Å²) in [5, 5.41) is 161. The first kappa shape index (κ1) is 104. The van der Waals surface area contributed by atoms with Crippen molar-refractivity contribution in [2.24, 2.45) is 97.5 Å². The van der Waals surface area contributed by atoms with Crippen molar-refractivity contribution < 1.29 is 167 Å². The fourth-order valence-electron chi connectivity index (χ4n) is 18.7. The van der Waals surface area contributed by atoms with Crippen LogP contribution in [0.5, 0.6) is 0 Å². The van der Waals surface area contributed by atoms with Crippen LogP contribution >= 0.6 is 0 Å². The largest absolute Gasteiger partial charge is 0.394 e. The van der Waals surface area contributed by atoms with Crippen LogP contribution < -0.4 is 103 Å². The Kier molecular flexibility index (Phi) is 36.5. The number of nitrogens with two attached hydrogens (primary N) is 17. The van der Waals surface area contributed by atoms with Gasteiger partial charge in [0.2, 0.25) is 0 Å². The van der Waals surface area contributed by atoms with E-state index >= 15 is 0 Å². The average molecular weight is 1840 g/mol. The predicted octanol–water partition coefficient (Wildman–Crippen LogP) is -19.6. The summed E-state index contributed by atoms with van der Waals surface area (Å²) < 4.78 is 112. The van der Waals surface area contributed by atoms with Gasteiger partial charge in [0, 0.05) is 67.5 Å². The molecule has 14 rings (SSSR count). The Bertz CT molecular complexity index is 3340. The number of hydrogen-bond acceptors (Lipinski definition) is 52. The van der Waals surface area contributed by atoms with Crippen molar-refractivity contribution in [2.45, 2.75) is 407 Å². The Labute approximate surface area is 733 Å². The van der Waals surface area contributed by atoms with E-state index in [2.05, 4.69) is 5.32 Å². The molecular weight excluding hydrogens is 1700 g/mol. The molecule has 0 radical (unpaired) electrons. The fourth-order valence-corrected chi connectivity index (χ4v) is 18.7. The van der Waals surface area contributed by atoms with Gasteiger partial charge in [-0.05, 0) is 84.6 Å². The van der Waals surface area contributed by atoms with Crippen molar-refractivity contribution in [1.82, 2.24) is 5.32 Å². The molecule has 4 saturated carbocycles. The number of ether oxygens (including phenoxy) is 19. The molecule has 0 aromatic carbocycles. The van der Waals surface area contributed by atoms with Gasteiger partial charge in [-0.3, -0.25) is 0 Å². The van der Waals surface area contributed by atoms with E-state index in [1.54, 1.807) is 0 Å². The van der Waals surface area contributed by atoms with Crippen molar-refractivity contribution in [3.63, 3.8) is 0 Å². The van der Waals surface area contributed by atoms with E-state index in [9.17, 15) is 76.6 Å². The zero-order chi connectivity index (χ0) is 92.6. The molecule has 52 heteroatoms. The fraction of sp³-hybridized carbons (Fsp3) is 1.00. The van der Waals surface area contributed by atoms with E-state index in [-0.39, 0.29) is 63.3 Å². The monoisotopic (exact) mass is 1840 g/mol. The highest BCUT2D eigenvalue weighted by Gasteiger charge is 2.61. The number of hydrogen-bond donors (Lipinski definition) is 33. The molecule has 52 atom stereocenters. The van der Waals surface area contributed by atoms with Gasteiger partial charge in [-0.1, -0.05) is 0 Å². The van der Waals surface area contributed by atoms with Crippen LogP contribution in [-0.2, 0) is 90.0 Å². The average Bonchev–Trinajstić information content (AvgIpc) is 0.818. The quantitative estimate of drug-likeness (QED) is 0.0346. The van der Waals surface area contributed by atoms with Crippen LogP contribution in [0.2, 0.25) is 0 Å². The lowest BCUT2D eigenvalue weighted by Gasteiger charge is -2.49. The molecular formula is C75H146N18O34. The minimum atomic E-state index is -1.54. The summed E-state index contributed by atoms with van der Waals surface area (Å²) in [6, 6.07) is -9.42. The molecule has 50 N–H and O–H groups in total. The molecule has 10 heterocycles. The third kappa shape index (κ3) is 22.9. The van der Waals surface area contributed by atoms with Crippen LogP contribution in [0, 0.1) is 0 Å². The Balaban J connectivity index is 0.000000173. The molecule has 0 spiro atoms. The molecule has 10 aliphatic heterocycles. The van der Waals surface area contributed by atoms with Crippen molar-refractivity contribution in [2.75, 3.05) is 59.7 Å². The predicted molar refractivity (Wildman–Crippen MR) is 432 cm³/mol. The third-order valence-corrected chi connectivity index (χ3v) is 27.3. The number of nitrogens with one attached hydrogen (secondary N) is 1. The maximum absolute atomic E-state index is 11.2. The zero-order valence-electron chi connectivity index (χ0n) is 71.2. The standard InChI is InChI=1S/C25H48N6O12.C25H48N6O11.C25H50N6O11/c26-4-11-16(34)17(35)14(30)23(38-11)42-20-12(5-32)39-24(18(20)36)43-21-15(33)9(28)3-10(29)19(21)41-22-8(27)1-2-13(40-22)25(31)6-37-7-25;26-6-11-16(34)17(35)14(30)23(37-11)41-20-12(7-32)38-24(18(20)36)42-21-15(33)9(28)5-10(29)19(21)40-22-8(27)1-2-13(39-22)25(31)3-4-25;1-8(31-2)12-4-3-9(27)23(37-12)40-20-11(29)5-10(28)16(33)22(20)42-25-19(36)21(14(7-32)39-25)41-24-15(30)18(35)17(34)13(6-26)38-24/h8-24,32-36H,1-7,26-31H2;8-24,32-36H,1-7,26-31H2;8-25,31-36H,3-7,26-30H2,1-2H3/t2*8-,9-,10+,11+,12-,13+,14-,15+,16-,17-,18-,19-,20-,21-,22-,23?,24+;8-,9+,10+,11-,12-,13-,14+,15+,16-,17+,18+,19+,20+,21+,22+,23+,24?,25-/m110/s1.